The van der Waals surface area contributed by atoms with Crippen LogP contribution < -0.4 is 10.6 Å². The van der Waals surface area contributed by atoms with Crippen LogP contribution in [0.1, 0.15) is 24.6 Å². The number of anilines is 2. The molecule has 0 aliphatic carbocycles. The highest BCUT2D eigenvalue weighted by Gasteiger charge is 2.17. The van der Waals surface area contributed by atoms with Crippen molar-refractivity contribution in [3.8, 4) is 0 Å². The Hall–Kier alpha value is -4.13. The van der Waals surface area contributed by atoms with Crippen molar-refractivity contribution in [2.45, 2.75) is 25.8 Å². The maximum absolute atomic E-state index is 4.90. The molecule has 0 saturated carbocycles. The molecule has 160 valence electrons. The molecule has 0 spiro atoms. The van der Waals surface area contributed by atoms with E-state index in [0.717, 1.165) is 52.3 Å². The number of nitrogens with zero attached hydrogens (tertiary/aromatic N) is 3. The number of H-pyrrole nitrogens is 2. The summed E-state index contributed by atoms with van der Waals surface area (Å²) in [5.41, 5.74) is 7.07. The summed E-state index contributed by atoms with van der Waals surface area (Å²) >= 11 is 0. The van der Waals surface area contributed by atoms with Crippen molar-refractivity contribution in [1.82, 2.24) is 20.2 Å². The van der Waals surface area contributed by atoms with Gasteiger partial charge < -0.3 is 15.6 Å². The number of fused-ring (bicyclic) bond motifs is 1. The number of nitrogens with one attached hydrogen (secondary N) is 4. The molecule has 1 unspecified atom stereocenters. The van der Waals surface area contributed by atoms with E-state index in [1.54, 1.807) is 6.33 Å². The minimum atomic E-state index is 0.172. The molecular weight excluding hydrogens is 398 g/mol. The Labute approximate surface area is 186 Å². The van der Waals surface area contributed by atoms with Gasteiger partial charge in [-0.2, -0.15) is 5.10 Å². The van der Waals surface area contributed by atoms with Crippen molar-refractivity contribution in [2.75, 3.05) is 10.6 Å². The van der Waals surface area contributed by atoms with Crippen LogP contribution in [0, 0.1) is 0 Å². The number of hydrogen-bond donors (Lipinski definition) is 4. The van der Waals surface area contributed by atoms with Crippen LogP contribution in [-0.2, 0) is 6.42 Å². The van der Waals surface area contributed by atoms with E-state index in [9.17, 15) is 0 Å². The SMILES string of the molecule is C=C(Nc1cccc(CCC2C=C(C)C(Nc3ccc4[nH]ncc4c3)=N2)c1)c1c[nH]cn1. The highest BCUT2D eigenvalue weighted by molar-refractivity contribution is 6.09. The minimum Gasteiger partial charge on any atom is -0.354 e. The fourth-order valence-electron chi connectivity index (χ4n) is 3.89. The third-order valence-corrected chi connectivity index (χ3v) is 5.57. The summed E-state index contributed by atoms with van der Waals surface area (Å²) in [6.45, 7) is 6.17. The minimum absolute atomic E-state index is 0.172. The predicted octanol–water partition coefficient (Wildman–Crippen LogP) is 5.14. The second kappa shape index (κ2) is 8.55. The Kier molecular flexibility index (Phi) is 5.29. The van der Waals surface area contributed by atoms with Gasteiger partial charge in [0.25, 0.3) is 0 Å². The zero-order valence-corrected chi connectivity index (χ0v) is 17.9. The van der Waals surface area contributed by atoms with Crippen molar-refractivity contribution in [3.63, 3.8) is 0 Å². The summed E-state index contributed by atoms with van der Waals surface area (Å²) in [4.78, 5) is 12.1. The molecule has 2 aromatic carbocycles. The maximum atomic E-state index is 4.90. The Morgan fingerprint density at radius 2 is 2.09 bits per heavy atom. The van der Waals surface area contributed by atoms with Gasteiger partial charge in [0.15, 0.2) is 0 Å². The fraction of sp³-hybridized carbons (Fsp3) is 0.160. The highest BCUT2D eigenvalue weighted by Crippen LogP contribution is 2.23. The van der Waals surface area contributed by atoms with Gasteiger partial charge in [-0.3, -0.25) is 10.1 Å². The number of aryl methyl sites for hydroxylation is 1. The van der Waals surface area contributed by atoms with Gasteiger partial charge in [-0.05, 0) is 61.2 Å². The quantitative estimate of drug-likeness (QED) is 0.331. The molecule has 3 heterocycles. The topological polar surface area (TPSA) is 93.8 Å². The van der Waals surface area contributed by atoms with Crippen molar-refractivity contribution in [2.24, 2.45) is 4.99 Å². The normalized spacial score (nSPS) is 15.5. The van der Waals surface area contributed by atoms with Crippen LogP contribution in [0.15, 0.2) is 84.4 Å². The van der Waals surface area contributed by atoms with E-state index >= 15 is 0 Å². The van der Waals surface area contributed by atoms with Crippen LogP contribution in [0.25, 0.3) is 16.6 Å². The van der Waals surface area contributed by atoms with Gasteiger partial charge in [0.2, 0.25) is 0 Å². The first kappa shape index (κ1) is 19.8. The molecule has 7 nitrogen and oxygen atoms in total. The second-order valence-corrected chi connectivity index (χ2v) is 7.99. The van der Waals surface area contributed by atoms with E-state index in [0.29, 0.717) is 0 Å². The van der Waals surface area contributed by atoms with Crippen LogP contribution in [0.2, 0.25) is 0 Å². The number of aromatic nitrogens is 4. The zero-order chi connectivity index (χ0) is 21.9. The van der Waals surface area contributed by atoms with Crippen LogP contribution in [0.4, 0.5) is 11.4 Å². The van der Waals surface area contributed by atoms with Crippen LogP contribution in [-0.4, -0.2) is 32.0 Å². The summed E-state index contributed by atoms with van der Waals surface area (Å²) in [6.07, 6.45) is 9.43. The van der Waals surface area contributed by atoms with Gasteiger partial charge in [0.05, 0.1) is 29.8 Å². The standard InChI is InChI=1S/C25H25N7/c1-16-10-21(30-25(16)31-22-8-9-23-19(12-22)13-28-32-23)7-6-18-4-3-5-20(11-18)29-17(2)24-14-26-15-27-24/h3-5,8-15,21,29H,2,6-7H2,1H3,(H,26,27)(H,28,32)(H,30,31). The van der Waals surface area contributed by atoms with E-state index < -0.39 is 0 Å². The number of aromatic amines is 2. The van der Waals surface area contributed by atoms with Crippen LogP contribution in [0.5, 0.6) is 0 Å². The summed E-state index contributed by atoms with van der Waals surface area (Å²) in [6, 6.07) is 14.7. The third-order valence-electron chi connectivity index (χ3n) is 5.57. The summed E-state index contributed by atoms with van der Waals surface area (Å²) in [5, 5.41) is 14.9. The summed E-state index contributed by atoms with van der Waals surface area (Å²) in [7, 11) is 0. The lowest BCUT2D eigenvalue weighted by atomic mass is 10.0. The van der Waals surface area contributed by atoms with E-state index in [4.69, 9.17) is 4.99 Å². The first-order chi connectivity index (χ1) is 15.6. The van der Waals surface area contributed by atoms with Crippen LogP contribution >= 0.6 is 0 Å². The lowest BCUT2D eigenvalue weighted by molar-refractivity contribution is 0.731. The molecule has 0 bridgehead atoms. The smallest absolute Gasteiger partial charge is 0.128 e. The molecule has 1 aliphatic rings. The molecule has 1 atom stereocenters. The number of benzene rings is 2. The first-order valence-electron chi connectivity index (χ1n) is 10.6. The molecule has 5 rings (SSSR count). The van der Waals surface area contributed by atoms with E-state index in [-0.39, 0.29) is 6.04 Å². The zero-order valence-electron chi connectivity index (χ0n) is 17.9. The molecule has 1 aliphatic heterocycles. The number of rotatable bonds is 7. The molecule has 0 saturated heterocycles. The maximum Gasteiger partial charge on any atom is 0.128 e. The van der Waals surface area contributed by atoms with Crippen molar-refractivity contribution in [1.29, 1.82) is 0 Å². The van der Waals surface area contributed by atoms with Crippen LogP contribution in [0.3, 0.4) is 0 Å². The number of amidine groups is 1. The molecule has 2 aromatic heterocycles. The second-order valence-electron chi connectivity index (χ2n) is 7.99. The third kappa shape index (κ3) is 4.32. The molecule has 0 radical (unpaired) electrons. The monoisotopic (exact) mass is 423 g/mol. The van der Waals surface area contributed by atoms with Gasteiger partial charge in [-0.15, -0.1) is 0 Å². The molecule has 32 heavy (non-hydrogen) atoms. The molecular formula is C25H25N7. The van der Waals surface area contributed by atoms with Gasteiger partial charge in [-0.25, -0.2) is 4.98 Å². The highest BCUT2D eigenvalue weighted by atomic mass is 15.1. The first-order valence-corrected chi connectivity index (χ1v) is 10.6. The van der Waals surface area contributed by atoms with Crippen molar-refractivity contribution >= 4 is 33.8 Å². The van der Waals surface area contributed by atoms with E-state index in [2.05, 4.69) is 74.6 Å². The average Bonchev–Trinajstić information content (AvgIpc) is 3.54. The molecule has 0 amide bonds. The molecule has 4 N–H and O–H groups in total. The number of hydrogen-bond acceptors (Lipinski definition) is 5. The Morgan fingerprint density at radius 1 is 1.16 bits per heavy atom. The lowest BCUT2D eigenvalue weighted by Gasteiger charge is -2.10. The number of imidazole rings is 1. The van der Waals surface area contributed by atoms with E-state index in [1.165, 1.54) is 11.1 Å². The summed E-state index contributed by atoms with van der Waals surface area (Å²) in [5.74, 6) is 0.934. The predicted molar refractivity (Wildman–Crippen MR) is 131 cm³/mol. The lowest BCUT2D eigenvalue weighted by Crippen LogP contribution is -2.11. The molecule has 7 heteroatoms. The van der Waals surface area contributed by atoms with Gasteiger partial charge >= 0.3 is 0 Å². The van der Waals surface area contributed by atoms with Gasteiger partial charge in [-0.1, -0.05) is 24.8 Å². The van der Waals surface area contributed by atoms with E-state index in [1.807, 2.05) is 30.6 Å². The van der Waals surface area contributed by atoms with Crippen molar-refractivity contribution in [3.05, 3.63) is 90.7 Å². The largest absolute Gasteiger partial charge is 0.354 e. The van der Waals surface area contributed by atoms with Crippen molar-refractivity contribution < 1.29 is 0 Å². The fourth-order valence-corrected chi connectivity index (χ4v) is 3.89. The average molecular weight is 424 g/mol. The number of aliphatic imine (C=N–C) groups is 1. The molecule has 0 fully saturated rings. The Balaban J connectivity index is 1.20. The Morgan fingerprint density at radius 3 is 2.97 bits per heavy atom. The Bertz CT molecular complexity index is 1310. The van der Waals surface area contributed by atoms with Gasteiger partial charge in [0.1, 0.15) is 11.5 Å². The molecule has 4 aromatic rings. The summed E-state index contributed by atoms with van der Waals surface area (Å²) < 4.78 is 0. The van der Waals surface area contributed by atoms with Gasteiger partial charge in [0, 0.05) is 23.0 Å².